The van der Waals surface area contributed by atoms with Crippen molar-refractivity contribution >= 4 is 15.9 Å². The van der Waals surface area contributed by atoms with Crippen LogP contribution in [0.3, 0.4) is 0 Å². The number of ether oxygens (including phenoxy) is 1. The summed E-state index contributed by atoms with van der Waals surface area (Å²) in [4.78, 5) is 17.7. The van der Waals surface area contributed by atoms with Crippen molar-refractivity contribution in [3.05, 3.63) is 20.7 Å². The second-order valence-electron chi connectivity index (χ2n) is 2.94. The summed E-state index contributed by atoms with van der Waals surface area (Å²) >= 11 is 2.93. The molecule has 1 aromatic rings. The predicted molar refractivity (Wildman–Crippen MR) is 58.9 cm³/mol. The van der Waals surface area contributed by atoms with E-state index in [9.17, 15) is 9.90 Å². The molecule has 0 radical (unpaired) electrons. The van der Waals surface area contributed by atoms with E-state index in [1.165, 1.54) is 0 Å². The zero-order valence-corrected chi connectivity index (χ0v) is 10.2. The van der Waals surface area contributed by atoms with Gasteiger partial charge in [-0.1, -0.05) is 6.92 Å². The van der Waals surface area contributed by atoms with E-state index in [1.807, 2.05) is 13.8 Å². The van der Waals surface area contributed by atoms with Crippen molar-refractivity contribution in [1.82, 2.24) is 9.97 Å². The third-order valence-electron chi connectivity index (χ3n) is 1.91. The first-order valence-electron chi connectivity index (χ1n) is 4.70. The topological polar surface area (TPSA) is 75.2 Å². The van der Waals surface area contributed by atoms with Crippen LogP contribution < -0.4 is 5.56 Å². The van der Waals surface area contributed by atoms with Gasteiger partial charge in [0, 0.05) is 6.61 Å². The normalized spacial score (nSPS) is 12.7. The number of aromatic nitrogens is 2. The number of halogens is 1. The fourth-order valence-electron chi connectivity index (χ4n) is 1.21. The van der Waals surface area contributed by atoms with E-state index in [0.717, 1.165) is 0 Å². The number of H-pyrrole nitrogens is 1. The molecular formula is C9H13BrN2O3. The molecule has 0 aliphatic rings. The van der Waals surface area contributed by atoms with Gasteiger partial charge in [-0.3, -0.25) is 4.79 Å². The highest BCUT2D eigenvalue weighted by molar-refractivity contribution is 9.10. The molecule has 0 spiro atoms. The van der Waals surface area contributed by atoms with Crippen molar-refractivity contribution in [2.75, 3.05) is 6.61 Å². The van der Waals surface area contributed by atoms with Gasteiger partial charge in [0.25, 0.3) is 5.56 Å². The lowest BCUT2D eigenvalue weighted by molar-refractivity contribution is 0.0528. The monoisotopic (exact) mass is 276 g/mol. The predicted octanol–water partition coefficient (Wildman–Crippen LogP) is 1.73. The van der Waals surface area contributed by atoms with Crippen LogP contribution in [-0.4, -0.2) is 21.7 Å². The first-order chi connectivity index (χ1) is 7.10. The molecule has 1 unspecified atom stereocenters. The minimum atomic E-state index is -0.407. The second-order valence-corrected chi connectivity index (χ2v) is 3.73. The SMILES string of the molecule is CCOC(CC)c1nc(O)c(Br)c(=O)[nH]1. The van der Waals surface area contributed by atoms with Crippen LogP contribution in [0.25, 0.3) is 0 Å². The molecule has 0 bridgehead atoms. The lowest BCUT2D eigenvalue weighted by atomic mass is 10.2. The number of rotatable bonds is 4. The quantitative estimate of drug-likeness (QED) is 0.878. The summed E-state index contributed by atoms with van der Waals surface area (Å²) in [5.74, 6) is 0.0388. The Morgan fingerprint density at radius 2 is 2.27 bits per heavy atom. The summed E-state index contributed by atoms with van der Waals surface area (Å²) in [6.45, 7) is 4.30. The summed E-state index contributed by atoms with van der Waals surface area (Å²) < 4.78 is 5.41. The van der Waals surface area contributed by atoms with Crippen molar-refractivity contribution in [1.29, 1.82) is 0 Å². The first-order valence-corrected chi connectivity index (χ1v) is 5.49. The zero-order valence-electron chi connectivity index (χ0n) is 8.58. The van der Waals surface area contributed by atoms with Crippen LogP contribution in [-0.2, 0) is 4.74 Å². The molecular weight excluding hydrogens is 264 g/mol. The average molecular weight is 277 g/mol. The van der Waals surface area contributed by atoms with E-state index in [2.05, 4.69) is 25.9 Å². The van der Waals surface area contributed by atoms with Gasteiger partial charge in [0.2, 0.25) is 5.88 Å². The Hall–Kier alpha value is -0.880. The molecule has 5 nitrogen and oxygen atoms in total. The van der Waals surface area contributed by atoms with Gasteiger partial charge in [0.05, 0.1) is 0 Å². The Labute approximate surface area is 95.6 Å². The van der Waals surface area contributed by atoms with Crippen LogP contribution in [0.5, 0.6) is 5.88 Å². The van der Waals surface area contributed by atoms with Crippen LogP contribution in [0.4, 0.5) is 0 Å². The Kier molecular flexibility index (Phi) is 4.28. The molecule has 0 saturated heterocycles. The van der Waals surface area contributed by atoms with Gasteiger partial charge in [-0.05, 0) is 29.3 Å². The molecule has 1 atom stereocenters. The van der Waals surface area contributed by atoms with Crippen LogP contribution in [0.15, 0.2) is 9.27 Å². The van der Waals surface area contributed by atoms with Crippen molar-refractivity contribution < 1.29 is 9.84 Å². The number of hydrogen-bond acceptors (Lipinski definition) is 4. The van der Waals surface area contributed by atoms with Gasteiger partial charge in [-0.15, -0.1) is 0 Å². The summed E-state index contributed by atoms with van der Waals surface area (Å²) in [5.41, 5.74) is -0.407. The molecule has 1 heterocycles. The average Bonchev–Trinajstić information content (AvgIpc) is 2.22. The van der Waals surface area contributed by atoms with Crippen LogP contribution >= 0.6 is 15.9 Å². The highest BCUT2D eigenvalue weighted by atomic mass is 79.9. The molecule has 2 N–H and O–H groups in total. The standard InChI is InChI=1S/C9H13BrN2O3/c1-3-5(15-4-2)7-11-8(13)6(10)9(14)12-7/h5H,3-4H2,1-2H3,(H2,11,12,13,14). The van der Waals surface area contributed by atoms with E-state index < -0.39 is 5.56 Å². The molecule has 0 aliphatic heterocycles. The molecule has 0 fully saturated rings. The third-order valence-corrected chi connectivity index (χ3v) is 2.62. The maximum Gasteiger partial charge on any atom is 0.269 e. The minimum absolute atomic E-state index is 0.0394. The molecule has 6 heteroatoms. The van der Waals surface area contributed by atoms with Crippen molar-refractivity contribution in [3.63, 3.8) is 0 Å². The third kappa shape index (κ3) is 2.79. The van der Waals surface area contributed by atoms with Crippen molar-refractivity contribution in [2.24, 2.45) is 0 Å². The van der Waals surface area contributed by atoms with E-state index in [4.69, 9.17) is 4.74 Å². The molecule has 84 valence electrons. The lowest BCUT2D eigenvalue weighted by Gasteiger charge is -2.13. The Balaban J connectivity index is 3.09. The second kappa shape index (κ2) is 5.27. The molecule has 0 amide bonds. The van der Waals surface area contributed by atoms with Gasteiger partial charge >= 0.3 is 0 Å². The molecule has 0 aromatic carbocycles. The van der Waals surface area contributed by atoms with Crippen molar-refractivity contribution in [2.45, 2.75) is 26.4 Å². The van der Waals surface area contributed by atoms with Gasteiger partial charge in [0.1, 0.15) is 16.4 Å². The molecule has 1 rings (SSSR count). The highest BCUT2D eigenvalue weighted by Crippen LogP contribution is 2.21. The number of nitrogens with zero attached hydrogens (tertiary/aromatic N) is 1. The lowest BCUT2D eigenvalue weighted by Crippen LogP contribution is -2.16. The molecule has 0 aliphatic carbocycles. The van der Waals surface area contributed by atoms with E-state index >= 15 is 0 Å². The summed E-state index contributed by atoms with van der Waals surface area (Å²) in [5, 5.41) is 9.36. The summed E-state index contributed by atoms with van der Waals surface area (Å²) in [6, 6.07) is 0. The zero-order chi connectivity index (χ0) is 11.4. The first kappa shape index (κ1) is 12.2. The Morgan fingerprint density at radius 3 is 2.73 bits per heavy atom. The van der Waals surface area contributed by atoms with Gasteiger partial charge in [0.15, 0.2) is 0 Å². The van der Waals surface area contributed by atoms with E-state index in [-0.39, 0.29) is 16.5 Å². The summed E-state index contributed by atoms with van der Waals surface area (Å²) in [7, 11) is 0. The smallest absolute Gasteiger partial charge is 0.269 e. The maximum atomic E-state index is 11.3. The van der Waals surface area contributed by atoms with E-state index in [1.54, 1.807) is 0 Å². The molecule has 1 aromatic heterocycles. The minimum Gasteiger partial charge on any atom is -0.492 e. The Bertz CT molecular complexity index is 391. The van der Waals surface area contributed by atoms with Crippen LogP contribution in [0.1, 0.15) is 32.2 Å². The molecule has 15 heavy (non-hydrogen) atoms. The van der Waals surface area contributed by atoms with E-state index in [0.29, 0.717) is 18.9 Å². The largest absolute Gasteiger partial charge is 0.492 e. The Morgan fingerprint density at radius 1 is 1.60 bits per heavy atom. The fourth-order valence-corrected chi connectivity index (χ4v) is 1.40. The van der Waals surface area contributed by atoms with Crippen LogP contribution in [0, 0.1) is 0 Å². The van der Waals surface area contributed by atoms with Gasteiger partial charge in [-0.2, -0.15) is 4.98 Å². The number of hydrogen-bond donors (Lipinski definition) is 2. The summed E-state index contributed by atoms with van der Waals surface area (Å²) in [6.07, 6.45) is 0.388. The fraction of sp³-hybridized carbons (Fsp3) is 0.556. The number of aromatic amines is 1. The van der Waals surface area contributed by atoms with Gasteiger partial charge < -0.3 is 14.8 Å². The molecule has 0 saturated carbocycles. The van der Waals surface area contributed by atoms with Crippen molar-refractivity contribution in [3.8, 4) is 5.88 Å². The number of aromatic hydroxyl groups is 1. The number of nitrogens with one attached hydrogen (secondary N) is 1. The van der Waals surface area contributed by atoms with Gasteiger partial charge in [-0.25, -0.2) is 0 Å². The highest BCUT2D eigenvalue weighted by Gasteiger charge is 2.15. The maximum absolute atomic E-state index is 11.3. The van der Waals surface area contributed by atoms with Crippen LogP contribution in [0.2, 0.25) is 0 Å².